The molecule has 1 rings (SSSR count). The molecule has 0 atom stereocenters. The molecule has 18 heavy (non-hydrogen) atoms. The van der Waals surface area contributed by atoms with Gasteiger partial charge in [-0.15, -0.1) is 0 Å². The second-order valence-electron chi connectivity index (χ2n) is 5.40. The summed E-state index contributed by atoms with van der Waals surface area (Å²) in [4.78, 5) is 22.5. The molecule has 0 radical (unpaired) electrons. The minimum Gasteiger partial charge on any atom is -0.469 e. The third kappa shape index (κ3) is 4.64. The molecule has 1 heterocycles. The van der Waals surface area contributed by atoms with Crippen LogP contribution in [-0.2, 0) is 19.1 Å². The molecular formula is C13H23NO4. The molecule has 0 aromatic rings. The Morgan fingerprint density at radius 3 is 2.50 bits per heavy atom. The zero-order valence-electron chi connectivity index (χ0n) is 11.5. The summed E-state index contributed by atoms with van der Waals surface area (Å²) in [6.45, 7) is 6.45. The van der Waals surface area contributed by atoms with Crippen LogP contribution in [0.3, 0.4) is 0 Å². The minimum atomic E-state index is -0.503. The lowest BCUT2D eigenvalue weighted by atomic mass is 9.74. The van der Waals surface area contributed by atoms with Crippen molar-refractivity contribution >= 4 is 11.9 Å². The molecule has 0 bridgehead atoms. The maximum absolute atomic E-state index is 11.5. The van der Waals surface area contributed by atoms with Gasteiger partial charge in [-0.05, 0) is 24.2 Å². The molecule has 0 aliphatic carbocycles. The topological polar surface area (TPSA) is 64.6 Å². The number of methoxy groups -OCH3 is 1. The summed E-state index contributed by atoms with van der Waals surface area (Å²) in [6.07, 6.45) is 1.85. The van der Waals surface area contributed by atoms with Gasteiger partial charge in [0.1, 0.15) is 6.42 Å². The van der Waals surface area contributed by atoms with Crippen LogP contribution in [-0.4, -0.2) is 38.7 Å². The average Bonchev–Trinajstić information content (AvgIpc) is 2.37. The molecule has 0 aromatic carbocycles. The van der Waals surface area contributed by atoms with Crippen LogP contribution in [0.15, 0.2) is 0 Å². The number of carbonyl (C=O) groups excluding carboxylic acids is 2. The molecule has 0 unspecified atom stereocenters. The van der Waals surface area contributed by atoms with Crippen LogP contribution >= 0.6 is 0 Å². The largest absolute Gasteiger partial charge is 0.469 e. The lowest BCUT2D eigenvalue weighted by molar-refractivity contribution is -0.143. The third-order valence-electron chi connectivity index (χ3n) is 3.60. The molecule has 104 valence electrons. The average molecular weight is 257 g/mol. The second-order valence-corrected chi connectivity index (χ2v) is 5.40. The first-order valence-electron chi connectivity index (χ1n) is 6.37. The van der Waals surface area contributed by atoms with Crippen molar-refractivity contribution in [3.8, 4) is 0 Å². The standard InChI is InChI=1S/C13H23NO4/c1-13(2,10-4-6-18-7-5-10)9-14-11(15)8-12(16)17-3/h10H,4-9H2,1-3H3,(H,14,15). The van der Waals surface area contributed by atoms with Gasteiger partial charge < -0.3 is 14.8 Å². The van der Waals surface area contributed by atoms with Crippen LogP contribution in [0.5, 0.6) is 0 Å². The van der Waals surface area contributed by atoms with E-state index in [9.17, 15) is 9.59 Å². The molecule has 1 fully saturated rings. The summed E-state index contributed by atoms with van der Waals surface area (Å²) < 4.78 is 9.79. The molecule has 1 N–H and O–H groups in total. The van der Waals surface area contributed by atoms with E-state index in [0.29, 0.717) is 12.5 Å². The van der Waals surface area contributed by atoms with Crippen LogP contribution in [0.4, 0.5) is 0 Å². The fourth-order valence-electron chi connectivity index (χ4n) is 2.22. The van der Waals surface area contributed by atoms with Crippen molar-refractivity contribution in [2.45, 2.75) is 33.1 Å². The highest BCUT2D eigenvalue weighted by molar-refractivity contribution is 5.94. The zero-order chi connectivity index (χ0) is 13.6. The Morgan fingerprint density at radius 1 is 1.33 bits per heavy atom. The summed E-state index contributed by atoms with van der Waals surface area (Å²) in [5, 5.41) is 2.80. The number of amides is 1. The van der Waals surface area contributed by atoms with Gasteiger partial charge in [0.25, 0.3) is 0 Å². The number of hydrogen-bond donors (Lipinski definition) is 1. The van der Waals surface area contributed by atoms with Crippen molar-refractivity contribution in [3.63, 3.8) is 0 Å². The van der Waals surface area contributed by atoms with Crippen LogP contribution in [0, 0.1) is 11.3 Å². The van der Waals surface area contributed by atoms with Gasteiger partial charge in [0, 0.05) is 19.8 Å². The first-order valence-corrected chi connectivity index (χ1v) is 6.37. The highest BCUT2D eigenvalue weighted by Gasteiger charge is 2.31. The Bertz CT molecular complexity index is 295. The van der Waals surface area contributed by atoms with E-state index in [0.717, 1.165) is 26.1 Å². The fourth-order valence-corrected chi connectivity index (χ4v) is 2.22. The highest BCUT2D eigenvalue weighted by Crippen LogP contribution is 2.33. The van der Waals surface area contributed by atoms with Gasteiger partial charge in [-0.3, -0.25) is 9.59 Å². The maximum Gasteiger partial charge on any atom is 0.315 e. The molecule has 1 saturated heterocycles. The number of ether oxygens (including phenoxy) is 2. The summed E-state index contributed by atoms with van der Waals surface area (Å²) in [5.74, 6) is -0.233. The van der Waals surface area contributed by atoms with E-state index in [1.165, 1.54) is 7.11 Å². The SMILES string of the molecule is COC(=O)CC(=O)NCC(C)(C)C1CCOCC1. The Kier molecular flexibility index (Phi) is 5.59. The van der Waals surface area contributed by atoms with Gasteiger partial charge in [0.15, 0.2) is 0 Å². The Labute approximate surface area is 108 Å². The van der Waals surface area contributed by atoms with Gasteiger partial charge in [-0.1, -0.05) is 13.8 Å². The molecule has 1 aliphatic rings. The van der Waals surface area contributed by atoms with Gasteiger partial charge >= 0.3 is 5.97 Å². The summed E-state index contributed by atoms with van der Waals surface area (Å²) in [6, 6.07) is 0. The number of nitrogens with one attached hydrogen (secondary N) is 1. The Balaban J connectivity index is 2.35. The number of hydrogen-bond acceptors (Lipinski definition) is 4. The van der Waals surface area contributed by atoms with Crippen LogP contribution in [0.25, 0.3) is 0 Å². The predicted molar refractivity (Wildman–Crippen MR) is 67.0 cm³/mol. The Hall–Kier alpha value is -1.10. The van der Waals surface area contributed by atoms with Crippen molar-refractivity contribution in [1.29, 1.82) is 0 Å². The van der Waals surface area contributed by atoms with Crippen LogP contribution in [0.1, 0.15) is 33.1 Å². The van der Waals surface area contributed by atoms with E-state index < -0.39 is 5.97 Å². The van der Waals surface area contributed by atoms with Crippen molar-refractivity contribution in [1.82, 2.24) is 5.32 Å². The minimum absolute atomic E-state index is 0.0234. The number of carbonyl (C=O) groups is 2. The van der Waals surface area contributed by atoms with Crippen molar-refractivity contribution in [2.24, 2.45) is 11.3 Å². The zero-order valence-corrected chi connectivity index (χ0v) is 11.5. The number of esters is 1. The van der Waals surface area contributed by atoms with Crippen molar-refractivity contribution in [2.75, 3.05) is 26.9 Å². The van der Waals surface area contributed by atoms with Gasteiger partial charge in [-0.25, -0.2) is 0 Å². The molecule has 5 heteroatoms. The van der Waals surface area contributed by atoms with E-state index in [4.69, 9.17) is 4.74 Å². The van der Waals surface area contributed by atoms with E-state index in [2.05, 4.69) is 23.9 Å². The predicted octanol–water partition coefficient (Wildman–Crippen LogP) is 1.12. The molecule has 0 spiro atoms. The fraction of sp³-hybridized carbons (Fsp3) is 0.846. The van der Waals surface area contributed by atoms with Gasteiger partial charge in [0.2, 0.25) is 5.91 Å². The Morgan fingerprint density at radius 2 is 1.94 bits per heavy atom. The van der Waals surface area contributed by atoms with Crippen LogP contribution in [0.2, 0.25) is 0 Å². The number of rotatable bonds is 5. The smallest absolute Gasteiger partial charge is 0.315 e. The van der Waals surface area contributed by atoms with Crippen molar-refractivity contribution in [3.05, 3.63) is 0 Å². The summed E-state index contributed by atoms with van der Waals surface area (Å²) in [7, 11) is 1.28. The first-order chi connectivity index (χ1) is 8.45. The van der Waals surface area contributed by atoms with E-state index in [1.807, 2.05) is 0 Å². The first kappa shape index (κ1) is 15.0. The van der Waals surface area contributed by atoms with Gasteiger partial charge in [0.05, 0.1) is 7.11 Å². The quantitative estimate of drug-likeness (QED) is 0.592. The normalized spacial score (nSPS) is 17.3. The third-order valence-corrected chi connectivity index (χ3v) is 3.60. The monoisotopic (exact) mass is 257 g/mol. The van der Waals surface area contributed by atoms with Crippen LogP contribution < -0.4 is 5.32 Å². The molecule has 1 amide bonds. The molecule has 0 aromatic heterocycles. The molecule has 0 saturated carbocycles. The van der Waals surface area contributed by atoms with E-state index >= 15 is 0 Å². The summed E-state index contributed by atoms with van der Waals surface area (Å²) in [5.41, 5.74) is 0.0234. The highest BCUT2D eigenvalue weighted by atomic mass is 16.5. The molecular weight excluding hydrogens is 234 g/mol. The van der Waals surface area contributed by atoms with E-state index in [-0.39, 0.29) is 17.7 Å². The lowest BCUT2D eigenvalue weighted by Crippen LogP contribution is -2.41. The summed E-state index contributed by atoms with van der Waals surface area (Å²) >= 11 is 0. The second kappa shape index (κ2) is 6.73. The maximum atomic E-state index is 11.5. The molecule has 5 nitrogen and oxygen atoms in total. The lowest BCUT2D eigenvalue weighted by Gasteiger charge is -2.37. The van der Waals surface area contributed by atoms with Gasteiger partial charge in [-0.2, -0.15) is 0 Å². The molecule has 1 aliphatic heterocycles. The van der Waals surface area contributed by atoms with E-state index in [1.54, 1.807) is 0 Å². The van der Waals surface area contributed by atoms with Crippen molar-refractivity contribution < 1.29 is 19.1 Å².